The van der Waals surface area contributed by atoms with Gasteiger partial charge in [0.25, 0.3) is 5.56 Å². The molecule has 0 atom stereocenters. The Balaban J connectivity index is 1.81. The molecule has 4 aromatic heterocycles. The number of pyridine rings is 2. The summed E-state index contributed by atoms with van der Waals surface area (Å²) < 4.78 is 1.56. The quantitative estimate of drug-likeness (QED) is 0.449. The molecule has 0 fully saturated rings. The van der Waals surface area contributed by atoms with E-state index < -0.39 is 11.2 Å². The van der Waals surface area contributed by atoms with E-state index >= 15 is 0 Å². The van der Waals surface area contributed by atoms with Gasteiger partial charge in [0.15, 0.2) is 0 Å². The number of nitrogens with one attached hydrogen (secondary N) is 1. The lowest BCUT2D eigenvalue weighted by Gasteiger charge is -2.07. The predicted octanol–water partition coefficient (Wildman–Crippen LogP) is 4.00. The van der Waals surface area contributed by atoms with Crippen LogP contribution in [-0.4, -0.2) is 19.5 Å². The summed E-state index contributed by atoms with van der Waals surface area (Å²) in [4.78, 5) is 37.8. The number of thiophene rings is 1. The molecule has 5 rings (SSSR count). The largest absolute Gasteiger partial charge is 0.333 e. The number of H-pyrrole nitrogens is 1. The summed E-state index contributed by atoms with van der Waals surface area (Å²) in [6.07, 6.45) is 4.82. The number of hydrogen-bond acceptors (Lipinski definition) is 5. The van der Waals surface area contributed by atoms with Crippen LogP contribution in [-0.2, 0) is 0 Å². The molecule has 0 saturated carbocycles. The highest BCUT2D eigenvalue weighted by Gasteiger charge is 2.16. The standard InChI is InChI=1S/C20H11ClN4O2S/c21-18-13(6-3-7-23-18)16-8-14-17(28-16)19(26)25(20(27)24-14)15-10-22-9-11-4-1-2-5-12(11)15/h1-10H,(H,24,27). The Morgan fingerprint density at radius 1 is 1.07 bits per heavy atom. The van der Waals surface area contributed by atoms with Gasteiger partial charge in [-0.05, 0) is 18.2 Å². The maximum absolute atomic E-state index is 13.2. The zero-order valence-corrected chi connectivity index (χ0v) is 15.8. The highest BCUT2D eigenvalue weighted by molar-refractivity contribution is 7.22. The van der Waals surface area contributed by atoms with Crippen LogP contribution in [0.1, 0.15) is 0 Å². The number of aromatic nitrogens is 4. The fourth-order valence-electron chi connectivity index (χ4n) is 3.21. The number of aromatic amines is 1. The van der Waals surface area contributed by atoms with E-state index in [1.54, 1.807) is 24.5 Å². The van der Waals surface area contributed by atoms with Gasteiger partial charge in [-0.2, -0.15) is 0 Å². The summed E-state index contributed by atoms with van der Waals surface area (Å²) in [5, 5.41) is 1.96. The molecule has 0 aliphatic rings. The van der Waals surface area contributed by atoms with Gasteiger partial charge in [-0.15, -0.1) is 11.3 Å². The number of hydrogen-bond donors (Lipinski definition) is 1. The van der Waals surface area contributed by atoms with Crippen molar-refractivity contribution in [2.45, 2.75) is 0 Å². The van der Waals surface area contributed by atoms with Crippen molar-refractivity contribution in [3.8, 4) is 16.1 Å². The minimum Gasteiger partial charge on any atom is -0.306 e. The van der Waals surface area contributed by atoms with Crippen molar-refractivity contribution in [3.63, 3.8) is 0 Å². The molecule has 0 saturated heterocycles. The summed E-state index contributed by atoms with van der Waals surface area (Å²) in [6.45, 7) is 0. The minimum atomic E-state index is -0.516. The molecule has 1 aromatic carbocycles. The molecule has 6 nitrogen and oxygen atoms in total. The smallest absolute Gasteiger partial charge is 0.306 e. The third-order valence-corrected chi connectivity index (χ3v) is 5.94. The molecule has 5 aromatic rings. The molecule has 4 heterocycles. The van der Waals surface area contributed by atoms with E-state index in [0.717, 1.165) is 20.2 Å². The molecule has 28 heavy (non-hydrogen) atoms. The second-order valence-corrected chi connectivity index (χ2v) is 7.56. The maximum atomic E-state index is 13.2. The first-order valence-electron chi connectivity index (χ1n) is 8.36. The number of fused-ring (bicyclic) bond motifs is 2. The third kappa shape index (κ3) is 2.56. The van der Waals surface area contributed by atoms with Crippen molar-refractivity contribution in [3.05, 3.63) is 87.0 Å². The van der Waals surface area contributed by atoms with Gasteiger partial charge in [0.1, 0.15) is 9.85 Å². The third-order valence-electron chi connectivity index (χ3n) is 4.49. The average molecular weight is 407 g/mol. The highest BCUT2D eigenvalue weighted by Crippen LogP contribution is 2.34. The molecule has 1 N–H and O–H groups in total. The topological polar surface area (TPSA) is 80.6 Å². The number of benzene rings is 1. The number of halogens is 1. The van der Waals surface area contributed by atoms with Gasteiger partial charge in [-0.25, -0.2) is 14.3 Å². The SMILES string of the molecule is O=c1[nH]c2cc(-c3cccnc3Cl)sc2c(=O)n1-c1cncc2ccccc12. The van der Waals surface area contributed by atoms with Crippen LogP contribution >= 0.6 is 22.9 Å². The van der Waals surface area contributed by atoms with Crippen LogP contribution in [0.2, 0.25) is 5.15 Å². The zero-order valence-electron chi connectivity index (χ0n) is 14.2. The Bertz CT molecular complexity index is 1480. The van der Waals surface area contributed by atoms with Gasteiger partial charge >= 0.3 is 5.69 Å². The van der Waals surface area contributed by atoms with Crippen LogP contribution in [0, 0.1) is 0 Å². The Morgan fingerprint density at radius 2 is 1.93 bits per heavy atom. The van der Waals surface area contributed by atoms with Crippen molar-refractivity contribution >= 4 is 43.9 Å². The summed E-state index contributed by atoms with van der Waals surface area (Å²) >= 11 is 7.45. The second kappa shape index (κ2) is 6.40. The van der Waals surface area contributed by atoms with Gasteiger partial charge in [-0.3, -0.25) is 9.78 Å². The maximum Gasteiger partial charge on any atom is 0.333 e. The van der Waals surface area contributed by atoms with Gasteiger partial charge in [0.05, 0.1) is 17.4 Å². The van der Waals surface area contributed by atoms with E-state index in [2.05, 4.69) is 15.0 Å². The molecular formula is C20H11ClN4O2S. The van der Waals surface area contributed by atoms with E-state index in [1.165, 1.54) is 17.5 Å². The average Bonchev–Trinajstić information content (AvgIpc) is 3.12. The summed E-state index contributed by atoms with van der Waals surface area (Å²) in [5.74, 6) is 0. The predicted molar refractivity (Wildman–Crippen MR) is 112 cm³/mol. The number of nitrogens with zero attached hydrogens (tertiary/aromatic N) is 3. The van der Waals surface area contributed by atoms with Crippen LogP contribution in [0.5, 0.6) is 0 Å². The van der Waals surface area contributed by atoms with Gasteiger partial charge in [-0.1, -0.05) is 35.9 Å². The van der Waals surface area contributed by atoms with Crippen LogP contribution < -0.4 is 11.2 Å². The van der Waals surface area contributed by atoms with E-state index in [-0.39, 0.29) is 0 Å². The molecular weight excluding hydrogens is 396 g/mol. The van der Waals surface area contributed by atoms with E-state index in [1.807, 2.05) is 30.3 Å². The second-order valence-electron chi connectivity index (χ2n) is 6.15. The van der Waals surface area contributed by atoms with Gasteiger partial charge in [0, 0.05) is 33.6 Å². The first kappa shape index (κ1) is 16.9. The summed E-state index contributed by atoms with van der Waals surface area (Å²) in [5.41, 5.74) is 0.717. The van der Waals surface area contributed by atoms with Crippen molar-refractivity contribution in [2.75, 3.05) is 0 Å². The molecule has 0 spiro atoms. The van der Waals surface area contributed by atoms with Gasteiger partial charge < -0.3 is 4.98 Å². The lowest BCUT2D eigenvalue weighted by Crippen LogP contribution is -2.33. The molecule has 8 heteroatoms. The molecule has 0 aliphatic heterocycles. The normalized spacial score (nSPS) is 11.3. The molecule has 0 radical (unpaired) electrons. The summed E-state index contributed by atoms with van der Waals surface area (Å²) in [6, 6.07) is 12.8. The van der Waals surface area contributed by atoms with Crippen LogP contribution in [0.25, 0.3) is 37.1 Å². The molecule has 136 valence electrons. The lowest BCUT2D eigenvalue weighted by molar-refractivity contribution is 0.905. The van der Waals surface area contributed by atoms with Crippen molar-refractivity contribution < 1.29 is 0 Å². The molecule has 0 bridgehead atoms. The van der Waals surface area contributed by atoms with Gasteiger partial charge in [0.2, 0.25) is 0 Å². The Hall–Kier alpha value is -3.29. The monoisotopic (exact) mass is 406 g/mol. The minimum absolute atomic E-state index is 0.343. The summed E-state index contributed by atoms with van der Waals surface area (Å²) in [7, 11) is 0. The highest BCUT2D eigenvalue weighted by atomic mass is 35.5. The molecule has 0 aliphatic carbocycles. The van der Waals surface area contributed by atoms with E-state index in [9.17, 15) is 9.59 Å². The van der Waals surface area contributed by atoms with E-state index in [0.29, 0.717) is 26.6 Å². The Labute approximate surface area is 166 Å². The number of rotatable bonds is 2. The van der Waals surface area contributed by atoms with E-state index in [4.69, 9.17) is 11.6 Å². The lowest BCUT2D eigenvalue weighted by atomic mass is 10.1. The van der Waals surface area contributed by atoms with Crippen LogP contribution in [0.15, 0.2) is 70.6 Å². The van der Waals surface area contributed by atoms with Crippen molar-refractivity contribution in [2.24, 2.45) is 0 Å². The fraction of sp³-hybridized carbons (Fsp3) is 0. The molecule has 0 unspecified atom stereocenters. The Kier molecular flexibility index (Phi) is 3.85. The van der Waals surface area contributed by atoms with Crippen LogP contribution in [0.4, 0.5) is 0 Å². The fourth-order valence-corrected chi connectivity index (χ4v) is 4.55. The molecule has 0 amide bonds. The first-order chi connectivity index (χ1) is 13.6. The van der Waals surface area contributed by atoms with Crippen molar-refractivity contribution in [1.82, 2.24) is 19.5 Å². The first-order valence-corrected chi connectivity index (χ1v) is 9.56. The van der Waals surface area contributed by atoms with Crippen molar-refractivity contribution in [1.29, 1.82) is 0 Å². The zero-order chi connectivity index (χ0) is 19.3. The van der Waals surface area contributed by atoms with Crippen LogP contribution in [0.3, 0.4) is 0 Å². The Morgan fingerprint density at radius 3 is 2.79 bits per heavy atom.